The molecule has 122 valence electrons. The molecule has 4 heteroatoms. The zero-order valence-corrected chi connectivity index (χ0v) is 13.8. The number of rotatable bonds is 5. The van der Waals surface area contributed by atoms with Crippen LogP contribution in [-0.4, -0.2) is 47.8 Å². The van der Waals surface area contributed by atoms with Crippen LogP contribution in [0.15, 0.2) is 0 Å². The van der Waals surface area contributed by atoms with Crippen LogP contribution in [0.25, 0.3) is 0 Å². The normalized spacial score (nSPS) is 30.5. The van der Waals surface area contributed by atoms with Gasteiger partial charge in [0, 0.05) is 12.6 Å². The summed E-state index contributed by atoms with van der Waals surface area (Å²) in [5.41, 5.74) is -0.464. The van der Waals surface area contributed by atoms with Gasteiger partial charge in [0.15, 0.2) is 0 Å². The Kier molecular flexibility index (Phi) is 5.67. The van der Waals surface area contributed by atoms with Gasteiger partial charge in [0.2, 0.25) is 0 Å². The summed E-state index contributed by atoms with van der Waals surface area (Å²) in [7, 11) is 0. The predicted molar refractivity (Wildman–Crippen MR) is 83.4 cm³/mol. The highest BCUT2D eigenvalue weighted by Gasteiger charge is 2.42. The molecular weight excluding hydrogens is 266 g/mol. The van der Waals surface area contributed by atoms with Crippen molar-refractivity contribution in [2.75, 3.05) is 19.7 Å². The molecule has 0 aromatic rings. The molecule has 2 atom stereocenters. The van der Waals surface area contributed by atoms with Crippen LogP contribution in [0.3, 0.4) is 0 Å². The van der Waals surface area contributed by atoms with Gasteiger partial charge in [0.05, 0.1) is 11.5 Å². The summed E-state index contributed by atoms with van der Waals surface area (Å²) in [5.74, 6) is -0.0215. The lowest BCUT2D eigenvalue weighted by atomic mass is 9.74. The molecule has 0 amide bonds. The number of ether oxygens (including phenoxy) is 1. The van der Waals surface area contributed by atoms with Crippen molar-refractivity contribution in [1.82, 2.24) is 4.90 Å². The first kappa shape index (κ1) is 16.8. The number of likely N-dealkylation sites (tertiary alicyclic amines) is 1. The van der Waals surface area contributed by atoms with Crippen LogP contribution >= 0.6 is 0 Å². The second-order valence-corrected chi connectivity index (χ2v) is 7.20. The zero-order chi connectivity index (χ0) is 15.5. The molecule has 2 aliphatic rings. The highest BCUT2D eigenvalue weighted by molar-refractivity contribution is 5.74. The first-order valence-electron chi connectivity index (χ1n) is 8.57. The van der Waals surface area contributed by atoms with Crippen LogP contribution in [0.2, 0.25) is 0 Å². The van der Waals surface area contributed by atoms with Crippen molar-refractivity contribution < 1.29 is 14.6 Å². The monoisotopic (exact) mass is 297 g/mol. The van der Waals surface area contributed by atoms with E-state index in [1.165, 1.54) is 0 Å². The van der Waals surface area contributed by atoms with Crippen LogP contribution in [0.4, 0.5) is 0 Å². The fraction of sp³-hybridized carbons (Fsp3) is 0.941. The Bertz CT molecular complexity index is 348. The minimum absolute atomic E-state index is 0.366. The van der Waals surface area contributed by atoms with E-state index < -0.39 is 11.4 Å². The third kappa shape index (κ3) is 3.78. The third-order valence-corrected chi connectivity index (χ3v) is 5.48. The minimum Gasteiger partial charge on any atom is -0.481 e. The van der Waals surface area contributed by atoms with Crippen LogP contribution in [-0.2, 0) is 9.53 Å². The van der Waals surface area contributed by atoms with E-state index in [2.05, 4.69) is 25.7 Å². The Labute approximate surface area is 128 Å². The molecule has 2 heterocycles. The molecule has 1 N–H and O–H groups in total. The van der Waals surface area contributed by atoms with Gasteiger partial charge in [-0.2, -0.15) is 0 Å². The molecule has 2 fully saturated rings. The Balaban J connectivity index is 1.92. The van der Waals surface area contributed by atoms with Crippen molar-refractivity contribution in [3.63, 3.8) is 0 Å². The van der Waals surface area contributed by atoms with E-state index in [4.69, 9.17) is 4.74 Å². The summed E-state index contributed by atoms with van der Waals surface area (Å²) >= 11 is 0. The molecule has 0 spiro atoms. The topological polar surface area (TPSA) is 49.8 Å². The molecule has 4 nitrogen and oxygen atoms in total. The average Bonchev–Trinajstić information content (AvgIpc) is 2.48. The summed E-state index contributed by atoms with van der Waals surface area (Å²) < 4.78 is 5.86. The largest absolute Gasteiger partial charge is 0.481 e. The molecule has 2 unspecified atom stereocenters. The lowest BCUT2D eigenvalue weighted by Gasteiger charge is -2.45. The van der Waals surface area contributed by atoms with E-state index in [-0.39, 0.29) is 0 Å². The average molecular weight is 297 g/mol. The maximum atomic E-state index is 11.7. The van der Waals surface area contributed by atoms with E-state index >= 15 is 0 Å². The number of hydrogen-bond donors (Lipinski definition) is 1. The maximum absolute atomic E-state index is 11.7. The smallest absolute Gasteiger partial charge is 0.309 e. The SMILES string of the molecule is CCCC1(C(=O)O)CCN(C2CCOC(C(C)C)C2)CC1. The van der Waals surface area contributed by atoms with Gasteiger partial charge in [-0.3, -0.25) is 4.79 Å². The molecular formula is C17H31NO3. The molecule has 2 rings (SSSR count). The van der Waals surface area contributed by atoms with Crippen LogP contribution < -0.4 is 0 Å². The fourth-order valence-corrected chi connectivity index (χ4v) is 3.97. The first-order chi connectivity index (χ1) is 9.98. The Morgan fingerprint density at radius 3 is 2.57 bits per heavy atom. The number of piperidine rings is 1. The number of aliphatic carboxylic acids is 1. The highest BCUT2D eigenvalue weighted by Crippen LogP contribution is 2.38. The van der Waals surface area contributed by atoms with Crippen LogP contribution in [0.1, 0.15) is 59.3 Å². The number of carboxylic acid groups (broad SMARTS) is 1. The number of hydrogen-bond acceptors (Lipinski definition) is 3. The third-order valence-electron chi connectivity index (χ3n) is 5.48. The van der Waals surface area contributed by atoms with E-state index in [9.17, 15) is 9.90 Å². The van der Waals surface area contributed by atoms with Gasteiger partial charge >= 0.3 is 5.97 Å². The van der Waals surface area contributed by atoms with Gasteiger partial charge in [0.25, 0.3) is 0 Å². The van der Waals surface area contributed by atoms with Crippen LogP contribution in [0.5, 0.6) is 0 Å². The molecule has 2 aliphatic heterocycles. The summed E-state index contributed by atoms with van der Waals surface area (Å²) in [6.07, 6.45) is 5.95. The van der Waals surface area contributed by atoms with Crippen molar-refractivity contribution in [2.45, 2.75) is 71.4 Å². The van der Waals surface area contributed by atoms with Gasteiger partial charge in [-0.15, -0.1) is 0 Å². The van der Waals surface area contributed by atoms with Crippen molar-refractivity contribution in [3.8, 4) is 0 Å². The number of carbonyl (C=O) groups is 1. The lowest BCUT2D eigenvalue weighted by Crippen LogP contribution is -2.51. The molecule has 0 aliphatic carbocycles. The Morgan fingerprint density at radius 2 is 2.05 bits per heavy atom. The van der Waals surface area contributed by atoms with Gasteiger partial charge in [-0.05, 0) is 51.1 Å². The van der Waals surface area contributed by atoms with Crippen molar-refractivity contribution in [3.05, 3.63) is 0 Å². The minimum atomic E-state index is -0.587. The summed E-state index contributed by atoms with van der Waals surface area (Å²) in [6, 6.07) is 0.583. The Hall–Kier alpha value is -0.610. The fourth-order valence-electron chi connectivity index (χ4n) is 3.97. The van der Waals surface area contributed by atoms with E-state index in [1.54, 1.807) is 0 Å². The lowest BCUT2D eigenvalue weighted by molar-refractivity contribution is -0.153. The zero-order valence-electron chi connectivity index (χ0n) is 13.8. The standard InChI is InChI=1S/C17H31NO3/c1-4-6-17(16(19)20)7-9-18(10-8-17)14-5-11-21-15(12-14)13(2)3/h13-15H,4-12H2,1-3H3,(H,19,20). The van der Waals surface area contributed by atoms with Gasteiger partial charge in [-0.1, -0.05) is 27.2 Å². The molecule has 21 heavy (non-hydrogen) atoms. The van der Waals surface area contributed by atoms with Crippen molar-refractivity contribution in [2.24, 2.45) is 11.3 Å². The van der Waals surface area contributed by atoms with E-state index in [0.29, 0.717) is 18.1 Å². The molecule has 0 saturated carbocycles. The van der Waals surface area contributed by atoms with Gasteiger partial charge < -0.3 is 14.7 Å². The molecule has 0 radical (unpaired) electrons. The first-order valence-corrected chi connectivity index (χ1v) is 8.57. The quantitative estimate of drug-likeness (QED) is 0.847. The number of carboxylic acids is 1. The number of nitrogens with zero attached hydrogens (tertiary/aromatic N) is 1. The van der Waals surface area contributed by atoms with E-state index in [0.717, 1.165) is 58.2 Å². The summed E-state index contributed by atoms with van der Waals surface area (Å²) in [4.78, 5) is 14.2. The molecule has 0 aromatic carbocycles. The maximum Gasteiger partial charge on any atom is 0.309 e. The predicted octanol–water partition coefficient (Wildman–Crippen LogP) is 3.16. The van der Waals surface area contributed by atoms with Crippen LogP contribution in [0, 0.1) is 11.3 Å². The van der Waals surface area contributed by atoms with Gasteiger partial charge in [-0.25, -0.2) is 0 Å². The second kappa shape index (κ2) is 7.10. The second-order valence-electron chi connectivity index (χ2n) is 7.20. The molecule has 0 aromatic heterocycles. The molecule has 0 bridgehead atoms. The van der Waals surface area contributed by atoms with Gasteiger partial charge in [0.1, 0.15) is 0 Å². The summed E-state index contributed by atoms with van der Waals surface area (Å²) in [5, 5.41) is 9.59. The summed E-state index contributed by atoms with van der Waals surface area (Å²) in [6.45, 7) is 9.25. The Morgan fingerprint density at radius 1 is 1.38 bits per heavy atom. The highest BCUT2D eigenvalue weighted by atomic mass is 16.5. The molecule has 2 saturated heterocycles. The van der Waals surface area contributed by atoms with Crippen molar-refractivity contribution >= 4 is 5.97 Å². The van der Waals surface area contributed by atoms with Crippen molar-refractivity contribution in [1.29, 1.82) is 0 Å². The van der Waals surface area contributed by atoms with E-state index in [1.807, 2.05) is 0 Å².